The van der Waals surface area contributed by atoms with Gasteiger partial charge >= 0.3 is 5.97 Å². The van der Waals surface area contributed by atoms with Crippen LogP contribution in [0.3, 0.4) is 0 Å². The van der Waals surface area contributed by atoms with Gasteiger partial charge in [-0.05, 0) is 44.7 Å². The highest BCUT2D eigenvalue weighted by molar-refractivity contribution is 7.12. The first-order valence-corrected chi connectivity index (χ1v) is 7.87. The highest BCUT2D eigenvalue weighted by Gasteiger charge is 2.22. The predicted octanol–water partition coefficient (Wildman–Crippen LogP) is 3.02. The predicted molar refractivity (Wildman–Crippen MR) is 85.2 cm³/mol. The quantitative estimate of drug-likeness (QED) is 0.859. The molecule has 0 aliphatic heterocycles. The number of aryl methyl sites for hydroxylation is 1. The molecule has 0 bridgehead atoms. The number of anilines is 1. The van der Waals surface area contributed by atoms with Gasteiger partial charge in [-0.1, -0.05) is 0 Å². The zero-order valence-corrected chi connectivity index (χ0v) is 13.8. The van der Waals surface area contributed by atoms with Gasteiger partial charge in [0.15, 0.2) is 6.10 Å². The number of thiophene rings is 1. The lowest BCUT2D eigenvalue weighted by molar-refractivity contribution is -0.123. The fourth-order valence-corrected chi connectivity index (χ4v) is 2.71. The summed E-state index contributed by atoms with van der Waals surface area (Å²) in [6, 6.07) is 3.67. The van der Waals surface area contributed by atoms with Gasteiger partial charge in [0.2, 0.25) is 0 Å². The van der Waals surface area contributed by atoms with E-state index in [1.165, 1.54) is 11.3 Å². The zero-order valence-electron chi connectivity index (χ0n) is 13.0. The molecule has 7 heteroatoms. The van der Waals surface area contributed by atoms with Crippen LogP contribution in [-0.2, 0) is 9.53 Å². The Morgan fingerprint density at radius 1 is 1.32 bits per heavy atom. The molecule has 1 amide bonds. The normalized spacial score (nSPS) is 12.2. The van der Waals surface area contributed by atoms with Crippen LogP contribution in [0.25, 0.3) is 0 Å². The van der Waals surface area contributed by atoms with Crippen molar-refractivity contribution in [3.05, 3.63) is 34.2 Å². The highest BCUT2D eigenvalue weighted by Crippen LogP contribution is 2.18. The molecular weight excluding hydrogens is 302 g/mol. The number of carbonyl (C=O) groups excluding carboxylic acids is 2. The molecule has 1 atom stereocenters. The van der Waals surface area contributed by atoms with Gasteiger partial charge < -0.3 is 10.1 Å². The van der Waals surface area contributed by atoms with Crippen molar-refractivity contribution >= 4 is 29.0 Å². The highest BCUT2D eigenvalue weighted by atomic mass is 32.1. The second-order valence-electron chi connectivity index (χ2n) is 5.22. The summed E-state index contributed by atoms with van der Waals surface area (Å²) < 4.78 is 6.91. The van der Waals surface area contributed by atoms with E-state index in [1.807, 2.05) is 32.2 Å². The Morgan fingerprint density at radius 2 is 2.05 bits per heavy atom. The Labute approximate surface area is 133 Å². The first-order valence-electron chi connectivity index (χ1n) is 6.99. The van der Waals surface area contributed by atoms with Crippen molar-refractivity contribution in [2.45, 2.75) is 39.8 Å². The molecule has 1 N–H and O–H groups in total. The molecule has 0 unspecified atom stereocenters. The first-order chi connectivity index (χ1) is 10.4. The van der Waals surface area contributed by atoms with E-state index in [2.05, 4.69) is 10.4 Å². The Hall–Kier alpha value is -2.15. The summed E-state index contributed by atoms with van der Waals surface area (Å²) in [7, 11) is 0. The third-order valence-corrected chi connectivity index (χ3v) is 4.11. The Kier molecular flexibility index (Phi) is 4.97. The van der Waals surface area contributed by atoms with Crippen LogP contribution in [0.15, 0.2) is 23.7 Å². The average molecular weight is 321 g/mol. The van der Waals surface area contributed by atoms with Gasteiger partial charge in [-0.25, -0.2) is 9.48 Å². The summed E-state index contributed by atoms with van der Waals surface area (Å²) in [5, 5.41) is 8.68. The number of esters is 1. The molecule has 0 fully saturated rings. The van der Waals surface area contributed by atoms with Gasteiger partial charge in [-0.2, -0.15) is 5.10 Å². The molecule has 2 rings (SSSR count). The largest absolute Gasteiger partial charge is 0.448 e. The Morgan fingerprint density at radius 3 is 2.64 bits per heavy atom. The zero-order chi connectivity index (χ0) is 16.3. The van der Waals surface area contributed by atoms with Crippen LogP contribution in [0.4, 0.5) is 5.82 Å². The maximum Gasteiger partial charge on any atom is 0.349 e. The lowest BCUT2D eigenvalue weighted by atomic mass is 10.3. The van der Waals surface area contributed by atoms with Crippen molar-refractivity contribution in [3.8, 4) is 0 Å². The van der Waals surface area contributed by atoms with Crippen molar-refractivity contribution in [1.82, 2.24) is 9.78 Å². The third kappa shape index (κ3) is 3.54. The lowest BCUT2D eigenvalue weighted by Gasteiger charge is -2.15. The summed E-state index contributed by atoms with van der Waals surface area (Å²) in [5.74, 6) is -0.285. The van der Waals surface area contributed by atoms with E-state index >= 15 is 0 Å². The molecule has 0 saturated carbocycles. The maximum absolute atomic E-state index is 12.1. The molecule has 0 radical (unpaired) electrons. The number of nitrogens with one attached hydrogen (secondary N) is 1. The molecule has 0 aliphatic carbocycles. The number of amides is 1. The van der Waals surface area contributed by atoms with Gasteiger partial charge in [0.05, 0.1) is 6.20 Å². The fraction of sp³-hybridized carbons (Fsp3) is 0.400. The van der Waals surface area contributed by atoms with E-state index in [9.17, 15) is 9.59 Å². The van der Waals surface area contributed by atoms with Crippen LogP contribution < -0.4 is 5.32 Å². The molecule has 0 aliphatic rings. The third-order valence-electron chi connectivity index (χ3n) is 3.11. The second kappa shape index (κ2) is 6.74. The molecule has 0 spiro atoms. The number of hydrogen-bond donors (Lipinski definition) is 1. The molecule has 0 aromatic carbocycles. The average Bonchev–Trinajstić information content (AvgIpc) is 3.07. The molecule has 2 aromatic heterocycles. The van der Waals surface area contributed by atoms with E-state index in [0.29, 0.717) is 10.7 Å². The van der Waals surface area contributed by atoms with Crippen LogP contribution in [0, 0.1) is 6.92 Å². The minimum Gasteiger partial charge on any atom is -0.448 e. The van der Waals surface area contributed by atoms with Crippen LogP contribution in [0.5, 0.6) is 0 Å². The van der Waals surface area contributed by atoms with Gasteiger partial charge in [0.1, 0.15) is 10.7 Å². The topological polar surface area (TPSA) is 73.2 Å². The van der Waals surface area contributed by atoms with E-state index in [-0.39, 0.29) is 11.9 Å². The van der Waals surface area contributed by atoms with Crippen LogP contribution in [-0.4, -0.2) is 27.8 Å². The Balaban J connectivity index is 1.99. The molecule has 0 saturated heterocycles. The second-order valence-corrected chi connectivity index (χ2v) is 6.14. The monoisotopic (exact) mass is 321 g/mol. The van der Waals surface area contributed by atoms with Crippen molar-refractivity contribution in [1.29, 1.82) is 0 Å². The van der Waals surface area contributed by atoms with Crippen LogP contribution >= 0.6 is 11.3 Å². The van der Waals surface area contributed by atoms with E-state index in [1.54, 1.807) is 23.9 Å². The van der Waals surface area contributed by atoms with Gasteiger partial charge in [-0.3, -0.25) is 4.79 Å². The number of hydrogen-bond acceptors (Lipinski definition) is 5. The molecule has 2 heterocycles. The summed E-state index contributed by atoms with van der Waals surface area (Å²) in [5.41, 5.74) is 0.848. The van der Waals surface area contributed by atoms with Gasteiger partial charge in [0.25, 0.3) is 5.91 Å². The SMILES string of the molecule is Cc1ccsc1C(=O)O[C@H](C)C(=O)Nc1ccnn1C(C)C. The van der Waals surface area contributed by atoms with Crippen LogP contribution in [0.2, 0.25) is 0 Å². The van der Waals surface area contributed by atoms with E-state index in [0.717, 1.165) is 5.56 Å². The standard InChI is InChI=1S/C15H19N3O3S/c1-9(2)18-12(5-7-16-18)17-14(19)11(4)21-15(20)13-10(3)6-8-22-13/h5-9,11H,1-4H3,(H,17,19)/t11-/m1/s1. The lowest BCUT2D eigenvalue weighted by Crippen LogP contribution is -2.31. The van der Waals surface area contributed by atoms with E-state index in [4.69, 9.17) is 4.74 Å². The van der Waals surface area contributed by atoms with Gasteiger partial charge in [0, 0.05) is 12.1 Å². The molecular formula is C15H19N3O3S. The van der Waals surface area contributed by atoms with Crippen molar-refractivity contribution < 1.29 is 14.3 Å². The van der Waals surface area contributed by atoms with Gasteiger partial charge in [-0.15, -0.1) is 11.3 Å². The number of aromatic nitrogens is 2. The number of nitrogens with zero attached hydrogens (tertiary/aromatic N) is 2. The molecule has 6 nitrogen and oxygen atoms in total. The Bertz CT molecular complexity index is 675. The smallest absolute Gasteiger partial charge is 0.349 e. The van der Waals surface area contributed by atoms with Crippen molar-refractivity contribution in [2.24, 2.45) is 0 Å². The summed E-state index contributed by atoms with van der Waals surface area (Å²) in [6.07, 6.45) is 0.728. The molecule has 22 heavy (non-hydrogen) atoms. The van der Waals surface area contributed by atoms with E-state index < -0.39 is 12.1 Å². The minimum absolute atomic E-state index is 0.122. The van der Waals surface area contributed by atoms with Crippen molar-refractivity contribution in [3.63, 3.8) is 0 Å². The summed E-state index contributed by atoms with van der Waals surface area (Å²) >= 11 is 1.30. The first kappa shape index (κ1) is 16.2. The fourth-order valence-electron chi connectivity index (χ4n) is 1.90. The molecule has 118 valence electrons. The number of rotatable bonds is 5. The van der Waals surface area contributed by atoms with Crippen molar-refractivity contribution in [2.75, 3.05) is 5.32 Å². The van der Waals surface area contributed by atoms with Crippen LogP contribution in [0.1, 0.15) is 42.0 Å². The summed E-state index contributed by atoms with van der Waals surface area (Å²) in [4.78, 5) is 24.7. The number of carbonyl (C=O) groups is 2. The summed E-state index contributed by atoms with van der Waals surface area (Å²) in [6.45, 7) is 7.31. The number of ether oxygens (including phenoxy) is 1. The maximum atomic E-state index is 12.1. The minimum atomic E-state index is -0.885. The molecule has 2 aromatic rings.